The summed E-state index contributed by atoms with van der Waals surface area (Å²) in [5.41, 5.74) is 0. The van der Waals surface area contributed by atoms with E-state index in [1.807, 2.05) is 19.4 Å². The molecule has 0 saturated carbocycles. The van der Waals surface area contributed by atoms with Crippen LogP contribution in [-0.2, 0) is 4.79 Å². The average molecular weight is 292 g/mol. The van der Waals surface area contributed by atoms with Gasteiger partial charge in [0.15, 0.2) is 0 Å². The maximum atomic E-state index is 11.5. The Morgan fingerprint density at radius 1 is 1.39 bits per heavy atom. The van der Waals surface area contributed by atoms with E-state index in [2.05, 4.69) is 16.0 Å². The van der Waals surface area contributed by atoms with Crippen LogP contribution in [0.2, 0.25) is 0 Å². The van der Waals surface area contributed by atoms with Gasteiger partial charge in [-0.1, -0.05) is 6.07 Å². The van der Waals surface area contributed by atoms with Gasteiger partial charge in [-0.15, -0.1) is 23.7 Å². The van der Waals surface area contributed by atoms with E-state index >= 15 is 0 Å². The Balaban J connectivity index is 0.00000289. The minimum Gasteiger partial charge on any atom is -0.353 e. The number of hydrogen-bond acceptors (Lipinski definition) is 4. The van der Waals surface area contributed by atoms with Crippen molar-refractivity contribution < 1.29 is 9.59 Å². The second-order valence-corrected chi connectivity index (χ2v) is 4.60. The first-order valence-corrected chi connectivity index (χ1v) is 6.27. The maximum absolute atomic E-state index is 11.5. The van der Waals surface area contributed by atoms with E-state index < -0.39 is 0 Å². The first kappa shape index (κ1) is 16.9. The fourth-order valence-corrected chi connectivity index (χ4v) is 1.73. The predicted molar refractivity (Wildman–Crippen MR) is 75.4 cm³/mol. The van der Waals surface area contributed by atoms with Gasteiger partial charge in [-0.3, -0.25) is 9.59 Å². The molecule has 7 heteroatoms. The molecule has 0 aromatic carbocycles. The van der Waals surface area contributed by atoms with E-state index in [1.54, 1.807) is 12.1 Å². The SMILES string of the molecule is CNC(C)CNC(=O)CNC(=O)c1cccs1.Cl. The van der Waals surface area contributed by atoms with Crippen LogP contribution in [0.4, 0.5) is 0 Å². The van der Waals surface area contributed by atoms with Crippen molar-refractivity contribution in [2.24, 2.45) is 0 Å². The van der Waals surface area contributed by atoms with Gasteiger partial charge in [0.2, 0.25) is 5.91 Å². The molecule has 1 aromatic rings. The number of rotatable bonds is 6. The summed E-state index contributed by atoms with van der Waals surface area (Å²) < 4.78 is 0. The van der Waals surface area contributed by atoms with Gasteiger partial charge in [0, 0.05) is 12.6 Å². The molecule has 0 fully saturated rings. The van der Waals surface area contributed by atoms with Crippen molar-refractivity contribution >= 4 is 35.6 Å². The molecule has 0 saturated heterocycles. The Kier molecular flexibility index (Phi) is 8.36. The molecular weight excluding hydrogens is 274 g/mol. The number of carbonyl (C=O) groups excluding carboxylic acids is 2. The minimum atomic E-state index is -0.211. The number of carbonyl (C=O) groups is 2. The second kappa shape index (κ2) is 8.91. The third kappa shape index (κ3) is 6.00. The summed E-state index contributed by atoms with van der Waals surface area (Å²) in [4.78, 5) is 23.5. The Bertz CT molecular complexity index is 370. The van der Waals surface area contributed by atoms with Crippen LogP contribution in [0, 0.1) is 0 Å². The Hall–Kier alpha value is -1.11. The zero-order chi connectivity index (χ0) is 12.7. The van der Waals surface area contributed by atoms with E-state index in [0.717, 1.165) is 0 Å². The van der Waals surface area contributed by atoms with Crippen LogP contribution in [0.5, 0.6) is 0 Å². The highest BCUT2D eigenvalue weighted by Gasteiger charge is 2.08. The first-order chi connectivity index (χ1) is 8.13. The highest BCUT2D eigenvalue weighted by molar-refractivity contribution is 7.12. The molecule has 1 rings (SSSR count). The molecule has 2 amide bonds. The van der Waals surface area contributed by atoms with E-state index in [4.69, 9.17) is 0 Å². The van der Waals surface area contributed by atoms with Crippen LogP contribution in [0.25, 0.3) is 0 Å². The standard InChI is InChI=1S/C11H17N3O2S.ClH/c1-8(12-2)6-13-10(15)7-14-11(16)9-4-3-5-17-9;/h3-5,8,12H,6-7H2,1-2H3,(H,13,15)(H,14,16);1H. The van der Waals surface area contributed by atoms with Gasteiger partial charge in [0.05, 0.1) is 11.4 Å². The number of hydrogen-bond donors (Lipinski definition) is 3. The van der Waals surface area contributed by atoms with Crippen molar-refractivity contribution in [3.05, 3.63) is 22.4 Å². The zero-order valence-corrected chi connectivity index (χ0v) is 12.0. The molecule has 1 atom stereocenters. The molecule has 0 spiro atoms. The maximum Gasteiger partial charge on any atom is 0.261 e. The van der Waals surface area contributed by atoms with Crippen LogP contribution in [0.15, 0.2) is 17.5 Å². The average Bonchev–Trinajstić information content (AvgIpc) is 2.86. The molecule has 1 aromatic heterocycles. The largest absolute Gasteiger partial charge is 0.353 e. The van der Waals surface area contributed by atoms with Crippen LogP contribution in [0.3, 0.4) is 0 Å². The highest BCUT2D eigenvalue weighted by atomic mass is 35.5. The van der Waals surface area contributed by atoms with Gasteiger partial charge in [0.25, 0.3) is 5.91 Å². The van der Waals surface area contributed by atoms with Gasteiger partial charge < -0.3 is 16.0 Å². The molecule has 0 radical (unpaired) electrons. The van der Waals surface area contributed by atoms with Gasteiger partial charge in [-0.2, -0.15) is 0 Å². The molecule has 102 valence electrons. The molecule has 5 nitrogen and oxygen atoms in total. The molecule has 1 unspecified atom stereocenters. The lowest BCUT2D eigenvalue weighted by Crippen LogP contribution is -2.42. The predicted octanol–water partition coefficient (Wildman–Crippen LogP) is 0.624. The molecule has 0 bridgehead atoms. The van der Waals surface area contributed by atoms with Gasteiger partial charge in [-0.25, -0.2) is 0 Å². The summed E-state index contributed by atoms with van der Waals surface area (Å²) in [7, 11) is 1.83. The highest BCUT2D eigenvalue weighted by Crippen LogP contribution is 2.07. The Morgan fingerprint density at radius 2 is 2.11 bits per heavy atom. The zero-order valence-electron chi connectivity index (χ0n) is 10.4. The molecule has 3 N–H and O–H groups in total. The van der Waals surface area contributed by atoms with Gasteiger partial charge in [-0.05, 0) is 25.4 Å². The summed E-state index contributed by atoms with van der Waals surface area (Å²) in [6.45, 7) is 2.52. The lowest BCUT2D eigenvalue weighted by molar-refractivity contribution is -0.120. The van der Waals surface area contributed by atoms with Crippen molar-refractivity contribution in [2.75, 3.05) is 20.1 Å². The van der Waals surface area contributed by atoms with Crippen LogP contribution < -0.4 is 16.0 Å². The first-order valence-electron chi connectivity index (χ1n) is 5.39. The summed E-state index contributed by atoms with van der Waals surface area (Å²) in [6.07, 6.45) is 0. The second-order valence-electron chi connectivity index (χ2n) is 3.65. The molecular formula is C11H18ClN3O2S. The van der Waals surface area contributed by atoms with Crippen molar-refractivity contribution in [1.82, 2.24) is 16.0 Å². The Morgan fingerprint density at radius 3 is 2.67 bits per heavy atom. The monoisotopic (exact) mass is 291 g/mol. The van der Waals surface area contributed by atoms with Crippen molar-refractivity contribution in [1.29, 1.82) is 0 Å². The Labute approximate surface area is 117 Å². The smallest absolute Gasteiger partial charge is 0.261 e. The van der Waals surface area contributed by atoms with Crippen LogP contribution in [0.1, 0.15) is 16.6 Å². The fraction of sp³-hybridized carbons (Fsp3) is 0.455. The minimum absolute atomic E-state index is 0. The summed E-state index contributed by atoms with van der Waals surface area (Å²) in [5.74, 6) is -0.395. The van der Waals surface area contributed by atoms with Gasteiger partial charge >= 0.3 is 0 Å². The number of nitrogens with one attached hydrogen (secondary N) is 3. The van der Waals surface area contributed by atoms with Crippen molar-refractivity contribution in [3.63, 3.8) is 0 Å². The third-order valence-electron chi connectivity index (χ3n) is 2.25. The summed E-state index contributed by atoms with van der Waals surface area (Å²) >= 11 is 1.35. The fourth-order valence-electron chi connectivity index (χ4n) is 1.09. The molecule has 1 heterocycles. The third-order valence-corrected chi connectivity index (χ3v) is 3.12. The quantitative estimate of drug-likeness (QED) is 0.720. The van der Waals surface area contributed by atoms with E-state index in [1.165, 1.54) is 11.3 Å². The molecule has 0 aliphatic heterocycles. The number of amides is 2. The lowest BCUT2D eigenvalue weighted by Gasteiger charge is -2.11. The topological polar surface area (TPSA) is 70.2 Å². The molecule has 18 heavy (non-hydrogen) atoms. The number of likely N-dealkylation sites (N-methyl/N-ethyl adjacent to an activating group) is 1. The van der Waals surface area contributed by atoms with Crippen molar-refractivity contribution in [2.45, 2.75) is 13.0 Å². The van der Waals surface area contributed by atoms with Crippen LogP contribution >= 0.6 is 23.7 Å². The van der Waals surface area contributed by atoms with Crippen molar-refractivity contribution in [3.8, 4) is 0 Å². The molecule has 0 aliphatic carbocycles. The normalized spacial score (nSPS) is 11.2. The number of halogens is 1. The summed E-state index contributed by atoms with van der Waals surface area (Å²) in [6, 6.07) is 3.74. The molecule has 0 aliphatic rings. The van der Waals surface area contributed by atoms with E-state index in [9.17, 15) is 9.59 Å². The van der Waals surface area contributed by atoms with Crippen LogP contribution in [-0.4, -0.2) is 38.0 Å². The summed E-state index contributed by atoms with van der Waals surface area (Å²) in [5, 5.41) is 10.1. The van der Waals surface area contributed by atoms with E-state index in [-0.39, 0.29) is 36.8 Å². The van der Waals surface area contributed by atoms with E-state index in [0.29, 0.717) is 11.4 Å². The number of thiophene rings is 1. The lowest BCUT2D eigenvalue weighted by atomic mass is 10.3. The van der Waals surface area contributed by atoms with Gasteiger partial charge in [0.1, 0.15) is 0 Å².